The van der Waals surface area contributed by atoms with Crippen molar-refractivity contribution >= 4 is 21.8 Å². The Hall–Kier alpha value is -1.03. The van der Waals surface area contributed by atoms with Crippen LogP contribution in [0.3, 0.4) is 0 Å². The van der Waals surface area contributed by atoms with E-state index >= 15 is 0 Å². The summed E-state index contributed by atoms with van der Waals surface area (Å²) >= 11 is 3.43. The number of halogens is 1. The highest BCUT2D eigenvalue weighted by molar-refractivity contribution is 9.10. The van der Waals surface area contributed by atoms with Crippen molar-refractivity contribution < 1.29 is 9.53 Å². The van der Waals surface area contributed by atoms with Crippen molar-refractivity contribution in [3.8, 4) is 5.75 Å². The summed E-state index contributed by atoms with van der Waals surface area (Å²) in [6.45, 7) is 6.59. The maximum Gasteiger partial charge on any atom is 0.222 e. The number of carbonyl (C=O) groups excluding carboxylic acids is 1. The predicted octanol–water partition coefficient (Wildman–Crippen LogP) is 4.11. The van der Waals surface area contributed by atoms with Crippen LogP contribution in [0.4, 0.5) is 0 Å². The first-order valence-electron chi connectivity index (χ1n) is 7.72. The number of hydrogen-bond donors (Lipinski definition) is 0. The van der Waals surface area contributed by atoms with Crippen LogP contribution < -0.4 is 4.74 Å². The Morgan fingerprint density at radius 3 is 2.90 bits per heavy atom. The first-order valence-corrected chi connectivity index (χ1v) is 8.51. The standard InChI is InChI=1S/C17H24BrNO2/c1-13(2)14-6-7-17(20)19(9-8-14)10-11-21-16-5-3-4-15(18)12-16/h3-5,12-14H,6-11H2,1-2H3. The van der Waals surface area contributed by atoms with Crippen LogP contribution in [0.25, 0.3) is 0 Å². The molecule has 21 heavy (non-hydrogen) atoms. The third-order valence-corrected chi connectivity index (χ3v) is 4.71. The average molecular weight is 354 g/mol. The van der Waals surface area contributed by atoms with Crippen LogP contribution in [0, 0.1) is 11.8 Å². The van der Waals surface area contributed by atoms with E-state index in [1.165, 1.54) is 0 Å². The van der Waals surface area contributed by atoms with Crippen molar-refractivity contribution in [3.63, 3.8) is 0 Å². The number of nitrogens with zero attached hydrogens (tertiary/aromatic N) is 1. The van der Waals surface area contributed by atoms with E-state index < -0.39 is 0 Å². The van der Waals surface area contributed by atoms with Crippen LogP contribution >= 0.6 is 15.9 Å². The molecule has 1 saturated heterocycles. The van der Waals surface area contributed by atoms with Gasteiger partial charge in [0, 0.05) is 17.4 Å². The minimum absolute atomic E-state index is 0.274. The highest BCUT2D eigenvalue weighted by atomic mass is 79.9. The van der Waals surface area contributed by atoms with Crippen molar-refractivity contribution in [1.29, 1.82) is 0 Å². The normalized spacial score (nSPS) is 19.7. The Labute approximate surface area is 135 Å². The number of amides is 1. The van der Waals surface area contributed by atoms with Gasteiger partial charge in [-0.15, -0.1) is 0 Å². The number of likely N-dealkylation sites (tertiary alicyclic amines) is 1. The zero-order valence-corrected chi connectivity index (χ0v) is 14.4. The molecule has 1 amide bonds. The summed E-state index contributed by atoms with van der Waals surface area (Å²) in [5.74, 6) is 2.45. The topological polar surface area (TPSA) is 29.5 Å². The number of benzene rings is 1. The first-order chi connectivity index (χ1) is 10.1. The van der Waals surface area contributed by atoms with Gasteiger partial charge >= 0.3 is 0 Å². The molecular weight excluding hydrogens is 330 g/mol. The summed E-state index contributed by atoms with van der Waals surface area (Å²) in [4.78, 5) is 14.1. The molecular formula is C17H24BrNO2. The molecule has 1 aromatic rings. The Morgan fingerprint density at radius 1 is 1.38 bits per heavy atom. The largest absolute Gasteiger partial charge is 0.492 e. The van der Waals surface area contributed by atoms with Gasteiger partial charge in [0.1, 0.15) is 12.4 Å². The Bertz CT molecular complexity index is 476. The Balaban J connectivity index is 1.81. The van der Waals surface area contributed by atoms with E-state index in [1.807, 2.05) is 29.2 Å². The van der Waals surface area contributed by atoms with Gasteiger partial charge in [-0.25, -0.2) is 0 Å². The summed E-state index contributed by atoms with van der Waals surface area (Å²) < 4.78 is 6.73. The maximum absolute atomic E-state index is 12.1. The van der Waals surface area contributed by atoms with Crippen LogP contribution in [0.5, 0.6) is 5.75 Å². The van der Waals surface area contributed by atoms with Gasteiger partial charge < -0.3 is 9.64 Å². The molecule has 0 spiro atoms. The third kappa shape index (κ3) is 5.03. The lowest BCUT2D eigenvalue weighted by Gasteiger charge is -2.21. The second-order valence-corrected chi connectivity index (χ2v) is 6.93. The zero-order valence-electron chi connectivity index (χ0n) is 12.8. The van der Waals surface area contributed by atoms with E-state index in [2.05, 4.69) is 29.8 Å². The molecule has 2 rings (SSSR count). The summed E-state index contributed by atoms with van der Waals surface area (Å²) in [7, 11) is 0. The van der Waals surface area contributed by atoms with Gasteiger partial charge in [-0.1, -0.05) is 35.8 Å². The molecule has 1 aliphatic heterocycles. The highest BCUT2D eigenvalue weighted by Gasteiger charge is 2.23. The van der Waals surface area contributed by atoms with Crippen molar-refractivity contribution in [2.24, 2.45) is 11.8 Å². The Morgan fingerprint density at radius 2 is 2.19 bits per heavy atom. The molecule has 3 nitrogen and oxygen atoms in total. The van der Waals surface area contributed by atoms with Crippen LogP contribution in [0.1, 0.15) is 33.1 Å². The van der Waals surface area contributed by atoms with Gasteiger partial charge in [0.05, 0.1) is 6.54 Å². The average Bonchev–Trinajstić information content (AvgIpc) is 2.62. The molecule has 0 radical (unpaired) electrons. The molecule has 0 aromatic heterocycles. The van der Waals surface area contributed by atoms with E-state index in [1.54, 1.807) is 0 Å². The fourth-order valence-electron chi connectivity index (χ4n) is 2.79. The van der Waals surface area contributed by atoms with E-state index in [-0.39, 0.29) is 5.91 Å². The monoisotopic (exact) mass is 353 g/mol. The molecule has 116 valence electrons. The van der Waals surface area contributed by atoms with E-state index in [0.29, 0.717) is 31.4 Å². The molecule has 1 atom stereocenters. The van der Waals surface area contributed by atoms with Gasteiger partial charge in [0.2, 0.25) is 5.91 Å². The quantitative estimate of drug-likeness (QED) is 0.796. The first kappa shape index (κ1) is 16.3. The third-order valence-electron chi connectivity index (χ3n) is 4.22. The second-order valence-electron chi connectivity index (χ2n) is 6.02. The lowest BCUT2D eigenvalue weighted by atomic mass is 9.89. The van der Waals surface area contributed by atoms with Crippen LogP contribution in [0.2, 0.25) is 0 Å². The number of rotatable bonds is 5. The summed E-state index contributed by atoms with van der Waals surface area (Å²) in [6, 6.07) is 7.80. The van der Waals surface area contributed by atoms with E-state index in [0.717, 1.165) is 29.6 Å². The Kier molecular flexibility index (Phi) is 6.09. The van der Waals surface area contributed by atoms with Crippen molar-refractivity contribution in [2.45, 2.75) is 33.1 Å². The fraction of sp³-hybridized carbons (Fsp3) is 0.588. The van der Waals surface area contributed by atoms with Gasteiger partial charge in [-0.2, -0.15) is 0 Å². The molecule has 4 heteroatoms. The maximum atomic E-state index is 12.1. The van der Waals surface area contributed by atoms with Crippen molar-refractivity contribution in [2.75, 3.05) is 19.7 Å². The number of hydrogen-bond acceptors (Lipinski definition) is 2. The van der Waals surface area contributed by atoms with Crippen LogP contribution in [-0.4, -0.2) is 30.5 Å². The number of ether oxygens (including phenoxy) is 1. The van der Waals surface area contributed by atoms with Crippen LogP contribution in [-0.2, 0) is 4.79 Å². The summed E-state index contributed by atoms with van der Waals surface area (Å²) in [5, 5.41) is 0. The lowest BCUT2D eigenvalue weighted by molar-refractivity contribution is -0.131. The molecule has 0 aliphatic carbocycles. The highest BCUT2D eigenvalue weighted by Crippen LogP contribution is 2.25. The summed E-state index contributed by atoms with van der Waals surface area (Å²) in [5.41, 5.74) is 0. The van der Waals surface area contributed by atoms with Gasteiger partial charge in [-0.05, 0) is 42.9 Å². The molecule has 1 fully saturated rings. The SMILES string of the molecule is CC(C)C1CCC(=O)N(CCOc2cccc(Br)c2)CC1. The van der Waals surface area contributed by atoms with Crippen molar-refractivity contribution in [1.82, 2.24) is 4.90 Å². The predicted molar refractivity (Wildman–Crippen MR) is 88.4 cm³/mol. The summed E-state index contributed by atoms with van der Waals surface area (Å²) in [6.07, 6.45) is 2.82. The van der Waals surface area contributed by atoms with Gasteiger partial charge in [0.25, 0.3) is 0 Å². The number of carbonyl (C=O) groups is 1. The van der Waals surface area contributed by atoms with E-state index in [4.69, 9.17) is 4.74 Å². The molecule has 1 heterocycles. The molecule has 1 aromatic carbocycles. The lowest BCUT2D eigenvalue weighted by Crippen LogP contribution is -2.34. The molecule has 0 bridgehead atoms. The van der Waals surface area contributed by atoms with E-state index in [9.17, 15) is 4.79 Å². The molecule has 0 saturated carbocycles. The van der Waals surface area contributed by atoms with Gasteiger partial charge in [0.15, 0.2) is 0 Å². The molecule has 1 aliphatic rings. The molecule has 0 N–H and O–H groups in total. The minimum Gasteiger partial charge on any atom is -0.492 e. The van der Waals surface area contributed by atoms with Crippen molar-refractivity contribution in [3.05, 3.63) is 28.7 Å². The van der Waals surface area contributed by atoms with Crippen LogP contribution in [0.15, 0.2) is 28.7 Å². The van der Waals surface area contributed by atoms with Gasteiger partial charge in [-0.3, -0.25) is 4.79 Å². The smallest absolute Gasteiger partial charge is 0.222 e. The minimum atomic E-state index is 0.274. The molecule has 1 unspecified atom stereocenters. The fourth-order valence-corrected chi connectivity index (χ4v) is 3.17. The zero-order chi connectivity index (χ0) is 15.2. The second kappa shape index (κ2) is 7.83.